The molecular formula is H13LiO5Si. The first-order valence-corrected chi connectivity index (χ1v) is 0. The molecule has 0 amide bonds. The molecule has 0 fully saturated rings. The van der Waals surface area contributed by atoms with E-state index in [0.717, 1.165) is 0 Å². The van der Waals surface area contributed by atoms with Gasteiger partial charge in [-0.1, -0.05) is 0 Å². The molecule has 0 saturated carbocycles. The van der Waals surface area contributed by atoms with E-state index >= 15 is 0 Å². The molecular weight excluding hydrogens is 115 g/mol. The van der Waals surface area contributed by atoms with Crippen LogP contribution < -0.4 is 18.9 Å². The van der Waals surface area contributed by atoms with Crippen molar-refractivity contribution in [3.8, 4) is 0 Å². The van der Waals surface area contributed by atoms with Gasteiger partial charge in [-0.3, -0.25) is 0 Å². The van der Waals surface area contributed by atoms with Crippen LogP contribution in [0.4, 0.5) is 0 Å². The van der Waals surface area contributed by atoms with Crippen molar-refractivity contribution in [1.82, 2.24) is 0 Å². The Morgan fingerprint density at radius 3 is 0.571 bits per heavy atom. The summed E-state index contributed by atoms with van der Waals surface area (Å²) in [5.74, 6) is 0. The van der Waals surface area contributed by atoms with Crippen molar-refractivity contribution >= 4 is 11.0 Å². The van der Waals surface area contributed by atoms with E-state index in [4.69, 9.17) is 0 Å². The van der Waals surface area contributed by atoms with Gasteiger partial charge in [0, 0.05) is 0 Å². The van der Waals surface area contributed by atoms with Crippen LogP contribution in [0.2, 0.25) is 0 Å². The van der Waals surface area contributed by atoms with E-state index in [1.54, 1.807) is 0 Å². The molecule has 7 heteroatoms. The van der Waals surface area contributed by atoms with E-state index in [-0.39, 0.29) is 57.2 Å². The van der Waals surface area contributed by atoms with E-state index in [0.29, 0.717) is 0 Å². The summed E-state index contributed by atoms with van der Waals surface area (Å²) in [6, 6.07) is 0. The van der Waals surface area contributed by atoms with Crippen molar-refractivity contribution in [2.45, 2.75) is 0 Å². The molecule has 5 nitrogen and oxygen atoms in total. The van der Waals surface area contributed by atoms with Crippen LogP contribution in [0, 0.1) is 0 Å². The van der Waals surface area contributed by atoms with E-state index < -0.39 is 0 Å². The Kier molecular flexibility index (Phi) is 69700. The molecule has 0 saturated heterocycles. The Labute approximate surface area is 57.8 Å². The molecule has 0 aliphatic heterocycles. The van der Waals surface area contributed by atoms with Gasteiger partial charge >= 0.3 is 18.9 Å². The molecule has 0 aliphatic carbocycles. The summed E-state index contributed by atoms with van der Waals surface area (Å²) in [5.41, 5.74) is 0. The zero-order chi connectivity index (χ0) is 0. The minimum Gasteiger partial charge on any atom is -0.870 e. The first kappa shape index (κ1) is 883. The van der Waals surface area contributed by atoms with Gasteiger partial charge in [-0.05, 0) is 11.0 Å². The molecule has 0 aliphatic rings. The molecule has 0 bridgehead atoms. The minimum atomic E-state index is 0. The summed E-state index contributed by atoms with van der Waals surface area (Å²) in [4.78, 5) is 0. The van der Waals surface area contributed by atoms with Crippen LogP contribution in [-0.4, -0.2) is 38.3 Å². The van der Waals surface area contributed by atoms with E-state index in [1.165, 1.54) is 0 Å². The number of rotatable bonds is 0. The molecule has 0 unspecified atom stereocenters. The van der Waals surface area contributed by atoms with Gasteiger partial charge in [-0.25, -0.2) is 0 Å². The molecule has 0 aromatic carbocycles. The van der Waals surface area contributed by atoms with Gasteiger partial charge in [0.05, 0.1) is 0 Å². The Morgan fingerprint density at radius 1 is 0.571 bits per heavy atom. The summed E-state index contributed by atoms with van der Waals surface area (Å²) in [6.07, 6.45) is 0. The molecule has 0 radical (unpaired) electrons. The van der Waals surface area contributed by atoms with Crippen molar-refractivity contribution in [3.05, 3.63) is 0 Å². The fourth-order valence-corrected chi connectivity index (χ4v) is 0. The van der Waals surface area contributed by atoms with Gasteiger partial charge in [0.25, 0.3) is 0 Å². The Bertz CT molecular complexity index is 8.04. The second kappa shape index (κ2) is 552. The third kappa shape index (κ3) is 373. The quantitative estimate of drug-likeness (QED) is 0.292. The van der Waals surface area contributed by atoms with Crippen LogP contribution in [0.5, 0.6) is 0 Å². The normalized spacial score (nSPS) is 0. The molecule has 0 heterocycles. The minimum absolute atomic E-state index is 0. The van der Waals surface area contributed by atoms with Gasteiger partial charge in [0.1, 0.15) is 0 Å². The fourth-order valence-electron chi connectivity index (χ4n) is 0. The summed E-state index contributed by atoms with van der Waals surface area (Å²) in [6.45, 7) is 0. The van der Waals surface area contributed by atoms with Gasteiger partial charge in [-0.15, -0.1) is 0 Å². The maximum Gasteiger partial charge on any atom is 1.00 e. The van der Waals surface area contributed by atoms with Crippen molar-refractivity contribution in [2.75, 3.05) is 0 Å². The molecule has 7 heavy (non-hydrogen) atoms. The van der Waals surface area contributed by atoms with Gasteiger partial charge < -0.3 is 27.4 Å². The largest absolute Gasteiger partial charge is 1.00 e. The molecule has 0 aromatic heterocycles. The third-order valence-corrected chi connectivity index (χ3v) is 0. The Balaban J connectivity index is 0. The van der Waals surface area contributed by atoms with Crippen LogP contribution in [0.15, 0.2) is 0 Å². The maximum absolute atomic E-state index is 0. The molecule has 0 rings (SSSR count). The average molecular weight is 128 g/mol. The van der Waals surface area contributed by atoms with Crippen LogP contribution in [0.1, 0.15) is 0 Å². The SMILES string of the molecule is O.O.O.O.[Li+].[OH-].[SiH4]. The van der Waals surface area contributed by atoms with Crippen molar-refractivity contribution in [3.63, 3.8) is 0 Å². The number of hydrogen-bond donors (Lipinski definition) is 0. The fraction of sp³-hybridized carbons (Fsp3) is 0. The van der Waals surface area contributed by atoms with Crippen LogP contribution in [0.25, 0.3) is 0 Å². The topological polar surface area (TPSA) is 156 Å². The summed E-state index contributed by atoms with van der Waals surface area (Å²) in [7, 11) is 0. The first-order chi connectivity index (χ1) is 0. The van der Waals surface area contributed by atoms with E-state index in [9.17, 15) is 0 Å². The second-order valence-corrected chi connectivity index (χ2v) is 0. The maximum atomic E-state index is 0. The molecule has 0 atom stereocenters. The summed E-state index contributed by atoms with van der Waals surface area (Å²) < 4.78 is 0. The predicted molar refractivity (Wildman–Crippen MR) is 27.7 cm³/mol. The van der Waals surface area contributed by atoms with E-state index in [2.05, 4.69) is 0 Å². The average Bonchev–Trinajstić information content (AvgIpc) is 0. The molecule has 0 aromatic rings. The zero-order valence-electron chi connectivity index (χ0n) is 3.45. The smallest absolute Gasteiger partial charge is 0.870 e. The number of hydrogen-bond acceptors (Lipinski definition) is 1. The molecule has 0 spiro atoms. The summed E-state index contributed by atoms with van der Waals surface area (Å²) in [5, 5.41) is 0. The van der Waals surface area contributed by atoms with Crippen LogP contribution in [-0.2, 0) is 0 Å². The van der Waals surface area contributed by atoms with Crippen LogP contribution in [0.3, 0.4) is 0 Å². The predicted octanol–water partition coefficient (Wildman–Crippen LogP) is -7.92. The van der Waals surface area contributed by atoms with Gasteiger partial charge in [0.15, 0.2) is 0 Å². The Morgan fingerprint density at radius 2 is 0.571 bits per heavy atom. The standard InChI is InChI=1S/Li.5H2O.H4Si/h;5*1H2;1H4/q+1;;;;;;/p-1. The monoisotopic (exact) mass is 128 g/mol. The van der Waals surface area contributed by atoms with Crippen molar-refractivity contribution in [2.24, 2.45) is 0 Å². The van der Waals surface area contributed by atoms with Crippen molar-refractivity contribution < 1.29 is 46.2 Å². The van der Waals surface area contributed by atoms with E-state index in [1.807, 2.05) is 0 Å². The van der Waals surface area contributed by atoms with Crippen LogP contribution >= 0.6 is 0 Å². The third-order valence-electron chi connectivity index (χ3n) is 0. The zero-order valence-corrected chi connectivity index (χ0v) is 3.45. The first-order valence-electron chi connectivity index (χ1n) is 0. The van der Waals surface area contributed by atoms with Crippen molar-refractivity contribution in [1.29, 1.82) is 0 Å². The second-order valence-electron chi connectivity index (χ2n) is 0. The summed E-state index contributed by atoms with van der Waals surface area (Å²) >= 11 is 0. The molecule has 48 valence electrons. The Hall–Kier alpha value is 0.614. The van der Waals surface area contributed by atoms with Gasteiger partial charge in [-0.2, -0.15) is 0 Å². The van der Waals surface area contributed by atoms with Gasteiger partial charge in [0.2, 0.25) is 0 Å². The molecule has 9 N–H and O–H groups in total.